The number of hydrogen-bond acceptors (Lipinski definition) is 3. The minimum absolute atomic E-state index is 0.0168. The maximum absolute atomic E-state index is 11.9. The Bertz CT molecular complexity index is 599. The van der Waals surface area contributed by atoms with Gasteiger partial charge in [-0.25, -0.2) is 4.98 Å². The average Bonchev–Trinajstić information content (AvgIpc) is 3.18. The van der Waals surface area contributed by atoms with Crippen molar-refractivity contribution in [2.24, 2.45) is 7.05 Å². The van der Waals surface area contributed by atoms with Gasteiger partial charge in [0.15, 0.2) is 0 Å². The minimum Gasteiger partial charge on any atom is -0.378 e. The number of amides is 1. The maximum atomic E-state index is 11.9. The Labute approximate surface area is 118 Å². The van der Waals surface area contributed by atoms with E-state index < -0.39 is 0 Å². The van der Waals surface area contributed by atoms with E-state index in [0.29, 0.717) is 18.2 Å². The molecule has 0 atom stereocenters. The summed E-state index contributed by atoms with van der Waals surface area (Å²) in [4.78, 5) is 16.1. The number of hydrogen-bond donors (Lipinski definition) is 2. The number of nitrogens with zero attached hydrogens (tertiary/aromatic N) is 2. The monoisotopic (exact) mass is 270 g/mol. The largest absolute Gasteiger partial charge is 0.378 e. The predicted molar refractivity (Wildman–Crippen MR) is 77.5 cm³/mol. The molecular weight excluding hydrogens is 252 g/mol. The van der Waals surface area contributed by atoms with Crippen molar-refractivity contribution in [3.05, 3.63) is 48.0 Å². The minimum atomic E-state index is 0.0168. The fourth-order valence-electron chi connectivity index (χ4n) is 1.98. The molecule has 1 aliphatic rings. The van der Waals surface area contributed by atoms with Crippen molar-refractivity contribution >= 4 is 11.6 Å². The van der Waals surface area contributed by atoms with Gasteiger partial charge in [-0.1, -0.05) is 0 Å². The van der Waals surface area contributed by atoms with Crippen LogP contribution in [0.15, 0.2) is 36.7 Å². The molecule has 104 valence electrons. The number of carbonyl (C=O) groups is 1. The summed E-state index contributed by atoms with van der Waals surface area (Å²) in [7, 11) is 1.97. The highest BCUT2D eigenvalue weighted by molar-refractivity contribution is 5.94. The highest BCUT2D eigenvalue weighted by Gasteiger charge is 2.23. The number of aromatic nitrogens is 2. The van der Waals surface area contributed by atoms with Gasteiger partial charge >= 0.3 is 0 Å². The number of anilines is 1. The van der Waals surface area contributed by atoms with Crippen LogP contribution in [0.4, 0.5) is 5.69 Å². The standard InChI is InChI=1S/C15H18N4O/c1-19-9-8-16-14(19)10-17-12-4-2-11(3-5-12)15(20)18-13-6-7-13/h2-5,8-9,13,17H,6-7,10H2,1H3,(H,18,20). The van der Waals surface area contributed by atoms with E-state index in [0.717, 1.165) is 24.4 Å². The van der Waals surface area contributed by atoms with Crippen molar-refractivity contribution in [1.82, 2.24) is 14.9 Å². The van der Waals surface area contributed by atoms with Crippen LogP contribution in [0.25, 0.3) is 0 Å². The number of nitrogens with one attached hydrogen (secondary N) is 2. The molecule has 1 aliphatic carbocycles. The van der Waals surface area contributed by atoms with E-state index in [1.165, 1.54) is 0 Å². The third kappa shape index (κ3) is 2.99. The Hall–Kier alpha value is -2.30. The molecule has 0 unspecified atom stereocenters. The first-order chi connectivity index (χ1) is 9.72. The second kappa shape index (κ2) is 5.36. The lowest BCUT2D eigenvalue weighted by Gasteiger charge is -2.08. The van der Waals surface area contributed by atoms with Gasteiger partial charge in [-0.2, -0.15) is 0 Å². The molecule has 1 aromatic heterocycles. The molecule has 1 fully saturated rings. The van der Waals surface area contributed by atoms with E-state index in [-0.39, 0.29) is 5.91 Å². The number of rotatable bonds is 5. The number of carbonyl (C=O) groups excluding carboxylic acids is 1. The SMILES string of the molecule is Cn1ccnc1CNc1ccc(C(=O)NC2CC2)cc1. The van der Waals surface area contributed by atoms with Crippen LogP contribution in [0.5, 0.6) is 0 Å². The topological polar surface area (TPSA) is 59.0 Å². The maximum Gasteiger partial charge on any atom is 0.251 e. The smallest absolute Gasteiger partial charge is 0.251 e. The van der Waals surface area contributed by atoms with Crippen molar-refractivity contribution in [3.8, 4) is 0 Å². The third-order valence-corrected chi connectivity index (χ3v) is 3.43. The Balaban J connectivity index is 1.58. The molecule has 0 bridgehead atoms. The second-order valence-electron chi connectivity index (χ2n) is 5.13. The average molecular weight is 270 g/mol. The molecule has 1 heterocycles. The van der Waals surface area contributed by atoms with E-state index >= 15 is 0 Å². The zero-order valence-electron chi connectivity index (χ0n) is 11.5. The molecule has 2 N–H and O–H groups in total. The van der Waals surface area contributed by atoms with Crippen molar-refractivity contribution < 1.29 is 4.79 Å². The summed E-state index contributed by atoms with van der Waals surface area (Å²) in [5.74, 6) is 0.990. The molecule has 5 heteroatoms. The molecule has 0 aliphatic heterocycles. The third-order valence-electron chi connectivity index (χ3n) is 3.43. The molecule has 20 heavy (non-hydrogen) atoms. The molecule has 1 saturated carbocycles. The second-order valence-corrected chi connectivity index (χ2v) is 5.13. The summed E-state index contributed by atoms with van der Waals surface area (Å²) < 4.78 is 1.98. The normalized spacial score (nSPS) is 14.1. The zero-order chi connectivity index (χ0) is 13.9. The van der Waals surface area contributed by atoms with Crippen LogP contribution in [-0.4, -0.2) is 21.5 Å². The van der Waals surface area contributed by atoms with Crippen LogP contribution in [0.1, 0.15) is 29.0 Å². The van der Waals surface area contributed by atoms with Crippen molar-refractivity contribution in [2.75, 3.05) is 5.32 Å². The van der Waals surface area contributed by atoms with E-state index in [1.54, 1.807) is 6.20 Å². The van der Waals surface area contributed by atoms with Gasteiger partial charge in [-0.15, -0.1) is 0 Å². The first kappa shape index (κ1) is 12.7. The quantitative estimate of drug-likeness (QED) is 0.872. The summed E-state index contributed by atoms with van der Waals surface area (Å²) in [5.41, 5.74) is 1.69. The Kier molecular flexibility index (Phi) is 3.41. The Morgan fingerprint density at radius 1 is 1.35 bits per heavy atom. The molecular formula is C15H18N4O. The first-order valence-electron chi connectivity index (χ1n) is 6.83. The molecule has 0 radical (unpaired) electrons. The van der Waals surface area contributed by atoms with Crippen LogP contribution in [0.3, 0.4) is 0 Å². The summed E-state index contributed by atoms with van der Waals surface area (Å²) in [6, 6.07) is 7.93. The molecule has 1 amide bonds. The van der Waals surface area contributed by atoms with Gasteiger partial charge in [0.1, 0.15) is 5.82 Å². The molecule has 1 aromatic carbocycles. The van der Waals surface area contributed by atoms with Gasteiger partial charge in [-0.05, 0) is 37.1 Å². The summed E-state index contributed by atoms with van der Waals surface area (Å²) in [5, 5.41) is 6.27. The van der Waals surface area contributed by atoms with Crippen LogP contribution in [0, 0.1) is 0 Å². The highest BCUT2D eigenvalue weighted by atomic mass is 16.1. The molecule has 5 nitrogen and oxygen atoms in total. The van der Waals surface area contributed by atoms with Gasteiger partial charge in [-0.3, -0.25) is 4.79 Å². The lowest BCUT2D eigenvalue weighted by atomic mass is 10.2. The van der Waals surface area contributed by atoms with Gasteiger partial charge in [0, 0.05) is 36.7 Å². The summed E-state index contributed by atoms with van der Waals surface area (Å²) >= 11 is 0. The van der Waals surface area contributed by atoms with Crippen molar-refractivity contribution in [2.45, 2.75) is 25.4 Å². The van der Waals surface area contributed by atoms with Crippen LogP contribution in [-0.2, 0) is 13.6 Å². The van der Waals surface area contributed by atoms with Crippen molar-refractivity contribution in [1.29, 1.82) is 0 Å². The highest BCUT2D eigenvalue weighted by Crippen LogP contribution is 2.19. The van der Waals surface area contributed by atoms with Crippen LogP contribution < -0.4 is 10.6 Å². The first-order valence-corrected chi connectivity index (χ1v) is 6.83. The number of benzene rings is 1. The molecule has 0 spiro atoms. The lowest BCUT2D eigenvalue weighted by Crippen LogP contribution is -2.25. The van der Waals surface area contributed by atoms with Crippen LogP contribution in [0.2, 0.25) is 0 Å². The van der Waals surface area contributed by atoms with E-state index in [9.17, 15) is 4.79 Å². The van der Waals surface area contributed by atoms with Gasteiger partial charge in [0.25, 0.3) is 5.91 Å². The summed E-state index contributed by atoms with van der Waals surface area (Å²) in [6.07, 6.45) is 5.91. The fraction of sp³-hybridized carbons (Fsp3) is 0.333. The number of aryl methyl sites for hydroxylation is 1. The summed E-state index contributed by atoms with van der Waals surface area (Å²) in [6.45, 7) is 0.664. The van der Waals surface area contributed by atoms with Gasteiger partial charge < -0.3 is 15.2 Å². The van der Waals surface area contributed by atoms with Gasteiger partial charge in [0.2, 0.25) is 0 Å². The number of imidazole rings is 1. The Morgan fingerprint density at radius 3 is 2.70 bits per heavy atom. The molecule has 2 aromatic rings. The predicted octanol–water partition coefficient (Wildman–Crippen LogP) is 1.92. The van der Waals surface area contributed by atoms with Crippen molar-refractivity contribution in [3.63, 3.8) is 0 Å². The zero-order valence-corrected chi connectivity index (χ0v) is 11.5. The Morgan fingerprint density at radius 2 is 2.10 bits per heavy atom. The van der Waals surface area contributed by atoms with E-state index in [4.69, 9.17) is 0 Å². The molecule has 0 saturated heterocycles. The fourth-order valence-corrected chi connectivity index (χ4v) is 1.98. The van der Waals surface area contributed by atoms with E-state index in [2.05, 4.69) is 15.6 Å². The van der Waals surface area contributed by atoms with Crippen LogP contribution >= 0.6 is 0 Å². The van der Waals surface area contributed by atoms with Gasteiger partial charge in [0.05, 0.1) is 6.54 Å². The van der Waals surface area contributed by atoms with E-state index in [1.807, 2.05) is 42.1 Å². The molecule has 3 rings (SSSR count). The lowest BCUT2D eigenvalue weighted by molar-refractivity contribution is 0.0951.